The number of carbonyl (C=O) groups excluding carboxylic acids is 1. The van der Waals surface area contributed by atoms with Gasteiger partial charge in [-0.1, -0.05) is 18.2 Å². The van der Waals surface area contributed by atoms with E-state index >= 15 is 0 Å². The fourth-order valence-corrected chi connectivity index (χ4v) is 3.08. The van der Waals surface area contributed by atoms with Gasteiger partial charge in [-0.25, -0.2) is 4.79 Å². The van der Waals surface area contributed by atoms with Crippen molar-refractivity contribution in [3.8, 4) is 0 Å². The van der Waals surface area contributed by atoms with Gasteiger partial charge in [0.1, 0.15) is 18.8 Å². The highest BCUT2D eigenvalue weighted by molar-refractivity contribution is 5.89. The van der Waals surface area contributed by atoms with Crippen LogP contribution >= 0.6 is 0 Å². The van der Waals surface area contributed by atoms with Gasteiger partial charge >= 0.3 is 5.97 Å². The first-order chi connectivity index (χ1) is 11.4. The molecular formula is C17H22O7. The second kappa shape index (κ2) is 6.42. The van der Waals surface area contributed by atoms with Crippen molar-refractivity contribution in [3.63, 3.8) is 0 Å². The molecule has 7 nitrogen and oxygen atoms in total. The van der Waals surface area contributed by atoms with Crippen LogP contribution in [-0.4, -0.2) is 61.3 Å². The van der Waals surface area contributed by atoms with Gasteiger partial charge in [0, 0.05) is 7.11 Å². The summed E-state index contributed by atoms with van der Waals surface area (Å²) in [6.07, 6.45) is -1.82. The van der Waals surface area contributed by atoms with Crippen LogP contribution in [0.5, 0.6) is 0 Å². The van der Waals surface area contributed by atoms with Crippen molar-refractivity contribution in [3.05, 3.63) is 35.9 Å². The Labute approximate surface area is 140 Å². The summed E-state index contributed by atoms with van der Waals surface area (Å²) in [6.45, 7) is 2.99. The fraction of sp³-hybridized carbons (Fsp3) is 0.588. The Kier molecular flexibility index (Phi) is 4.63. The Bertz CT molecular complexity index is 588. The Balaban J connectivity index is 1.75. The molecule has 2 aliphatic rings. The summed E-state index contributed by atoms with van der Waals surface area (Å²) in [7, 11) is 1.49. The van der Waals surface area contributed by atoms with E-state index in [1.807, 2.05) is 6.07 Å². The van der Waals surface area contributed by atoms with E-state index in [1.54, 1.807) is 38.1 Å². The van der Waals surface area contributed by atoms with Crippen LogP contribution in [0.2, 0.25) is 0 Å². The summed E-state index contributed by atoms with van der Waals surface area (Å²) in [6, 6.07) is 8.62. The van der Waals surface area contributed by atoms with E-state index in [9.17, 15) is 9.90 Å². The molecule has 3 rings (SSSR count). The number of rotatable bonds is 5. The zero-order valence-electron chi connectivity index (χ0n) is 13.9. The number of carbonyl (C=O) groups is 1. The number of fused-ring (bicyclic) bond motifs is 1. The quantitative estimate of drug-likeness (QED) is 0.805. The summed E-state index contributed by atoms with van der Waals surface area (Å²) < 4.78 is 28.1. The zero-order valence-corrected chi connectivity index (χ0v) is 13.9. The van der Waals surface area contributed by atoms with Gasteiger partial charge in [-0.15, -0.1) is 0 Å². The fourth-order valence-electron chi connectivity index (χ4n) is 3.08. The van der Waals surface area contributed by atoms with E-state index in [2.05, 4.69) is 0 Å². The Morgan fingerprint density at radius 2 is 1.92 bits per heavy atom. The van der Waals surface area contributed by atoms with E-state index in [-0.39, 0.29) is 6.61 Å². The van der Waals surface area contributed by atoms with Gasteiger partial charge in [0.15, 0.2) is 17.7 Å². The first-order valence-electron chi connectivity index (χ1n) is 7.80. The molecule has 132 valence electrons. The van der Waals surface area contributed by atoms with Crippen molar-refractivity contribution < 1.29 is 33.6 Å². The van der Waals surface area contributed by atoms with Crippen molar-refractivity contribution in [1.82, 2.24) is 0 Å². The van der Waals surface area contributed by atoms with Crippen molar-refractivity contribution in [2.45, 2.75) is 43.7 Å². The van der Waals surface area contributed by atoms with Gasteiger partial charge in [0.05, 0.1) is 12.2 Å². The highest BCUT2D eigenvalue weighted by Crippen LogP contribution is 2.44. The van der Waals surface area contributed by atoms with Crippen molar-refractivity contribution in [1.29, 1.82) is 0 Å². The Morgan fingerprint density at radius 3 is 2.54 bits per heavy atom. The summed E-state index contributed by atoms with van der Waals surface area (Å²) in [5.41, 5.74) is -0.809. The van der Waals surface area contributed by atoms with E-state index in [0.29, 0.717) is 5.56 Å². The third-order valence-electron chi connectivity index (χ3n) is 4.22. The first-order valence-corrected chi connectivity index (χ1v) is 7.80. The molecule has 1 aromatic carbocycles. The number of ether oxygens (including phenoxy) is 5. The van der Waals surface area contributed by atoms with Crippen LogP contribution in [0.1, 0.15) is 24.2 Å². The van der Waals surface area contributed by atoms with Crippen LogP contribution in [-0.2, 0) is 23.7 Å². The number of aliphatic hydroxyl groups is 1. The normalized spacial score (nSPS) is 34.1. The molecule has 1 N–H and O–H groups in total. The summed E-state index contributed by atoms with van der Waals surface area (Å²) in [4.78, 5) is 12.2. The average Bonchev–Trinajstić information content (AvgIpc) is 3.05. The topological polar surface area (TPSA) is 83.5 Å². The molecular weight excluding hydrogens is 316 g/mol. The molecule has 0 aromatic heterocycles. The maximum Gasteiger partial charge on any atom is 0.338 e. The Hall–Kier alpha value is -1.51. The number of hydrogen-bond donors (Lipinski definition) is 1. The van der Waals surface area contributed by atoms with Gasteiger partial charge in [0.2, 0.25) is 0 Å². The second-order valence-electron chi connectivity index (χ2n) is 6.41. The molecule has 0 radical (unpaired) electrons. The summed E-state index contributed by atoms with van der Waals surface area (Å²) in [5.74, 6) is -1.33. The SMILES string of the molecule is CO[C@@H]1O[C@](CO)(COC(=O)c2ccccc2)[C@H]2OC(C)(C)O[C@@H]12. The minimum Gasteiger partial charge on any atom is -0.459 e. The molecule has 2 heterocycles. The predicted molar refractivity (Wildman–Crippen MR) is 82.2 cm³/mol. The van der Waals surface area contributed by atoms with E-state index in [1.165, 1.54) is 7.11 Å². The van der Waals surface area contributed by atoms with Crippen LogP contribution in [0.25, 0.3) is 0 Å². The van der Waals surface area contributed by atoms with Crippen molar-refractivity contribution in [2.75, 3.05) is 20.3 Å². The van der Waals surface area contributed by atoms with E-state index in [0.717, 1.165) is 0 Å². The Morgan fingerprint density at radius 1 is 1.21 bits per heavy atom. The van der Waals surface area contributed by atoms with Crippen LogP contribution < -0.4 is 0 Å². The third-order valence-corrected chi connectivity index (χ3v) is 4.22. The average molecular weight is 338 g/mol. The highest BCUT2D eigenvalue weighted by atomic mass is 16.8. The van der Waals surface area contributed by atoms with Gasteiger partial charge < -0.3 is 28.8 Å². The van der Waals surface area contributed by atoms with Gasteiger partial charge in [-0.2, -0.15) is 0 Å². The third kappa shape index (κ3) is 3.05. The molecule has 2 saturated heterocycles. The molecule has 2 aliphatic heterocycles. The van der Waals surface area contributed by atoms with E-state index < -0.39 is 42.5 Å². The standard InChI is InChI=1S/C17H22O7/c1-16(2)22-12-13(23-16)17(9-18,24-15(12)20-3)10-21-14(19)11-7-5-4-6-8-11/h4-8,12-13,15,18H,9-10H2,1-3H3/t12-,13+,15-,17-/m1/s1. The molecule has 7 heteroatoms. The largest absolute Gasteiger partial charge is 0.459 e. The predicted octanol–water partition coefficient (Wildman–Crippen LogP) is 1.10. The zero-order chi connectivity index (χ0) is 17.4. The van der Waals surface area contributed by atoms with Crippen molar-refractivity contribution >= 4 is 5.97 Å². The molecule has 0 aliphatic carbocycles. The van der Waals surface area contributed by atoms with Crippen LogP contribution in [0.4, 0.5) is 0 Å². The van der Waals surface area contributed by atoms with Crippen LogP contribution in [0.15, 0.2) is 30.3 Å². The molecule has 4 atom stereocenters. The van der Waals surface area contributed by atoms with Gasteiger partial charge in [-0.3, -0.25) is 0 Å². The number of aliphatic hydroxyl groups excluding tert-OH is 1. The van der Waals surface area contributed by atoms with E-state index in [4.69, 9.17) is 23.7 Å². The molecule has 1 aromatic rings. The second-order valence-corrected chi connectivity index (χ2v) is 6.41. The maximum absolute atomic E-state index is 12.2. The molecule has 0 saturated carbocycles. The van der Waals surface area contributed by atoms with Crippen LogP contribution in [0, 0.1) is 0 Å². The first kappa shape index (κ1) is 17.3. The lowest BCUT2D eigenvalue weighted by Gasteiger charge is -2.32. The highest BCUT2D eigenvalue weighted by Gasteiger charge is 2.63. The number of benzene rings is 1. The molecule has 2 fully saturated rings. The molecule has 0 spiro atoms. The molecule has 0 amide bonds. The summed E-state index contributed by atoms with van der Waals surface area (Å²) in [5, 5.41) is 9.92. The van der Waals surface area contributed by atoms with Gasteiger partial charge in [0.25, 0.3) is 0 Å². The summed E-state index contributed by atoms with van der Waals surface area (Å²) >= 11 is 0. The maximum atomic E-state index is 12.2. The lowest BCUT2D eigenvalue weighted by molar-refractivity contribution is -0.261. The molecule has 0 bridgehead atoms. The number of methoxy groups -OCH3 is 1. The minimum absolute atomic E-state index is 0.169. The molecule has 24 heavy (non-hydrogen) atoms. The number of hydrogen-bond acceptors (Lipinski definition) is 7. The van der Waals surface area contributed by atoms with Gasteiger partial charge in [-0.05, 0) is 26.0 Å². The van der Waals surface area contributed by atoms with Crippen molar-refractivity contribution in [2.24, 2.45) is 0 Å². The molecule has 0 unspecified atom stereocenters. The minimum atomic E-state index is -1.23. The lowest BCUT2D eigenvalue weighted by atomic mass is 9.97. The smallest absolute Gasteiger partial charge is 0.338 e. The number of esters is 1. The van der Waals surface area contributed by atoms with Crippen LogP contribution in [0.3, 0.4) is 0 Å². The monoisotopic (exact) mass is 338 g/mol. The lowest BCUT2D eigenvalue weighted by Crippen LogP contribution is -2.50.